The number of ether oxygens (including phenoxy) is 3. The SMILES string of the molecule is C=CC[C@]12c3cc(OC)ccc3N(Cc3ccccc3)[C@H]1C(C(=O)OC)(C(=O)OC)C[C@H]2c1cccs1. The predicted octanol–water partition coefficient (Wildman–Crippen LogP) is 5.48. The number of hydrogen-bond donors (Lipinski definition) is 0. The summed E-state index contributed by atoms with van der Waals surface area (Å²) in [4.78, 5) is 30.9. The Hall–Kier alpha value is -3.58. The number of hydrogen-bond acceptors (Lipinski definition) is 7. The van der Waals surface area contributed by atoms with Crippen molar-refractivity contribution in [2.75, 3.05) is 26.2 Å². The summed E-state index contributed by atoms with van der Waals surface area (Å²) in [5.74, 6) is -0.578. The average Bonchev–Trinajstić information content (AvgIpc) is 3.63. The number of carbonyl (C=O) groups is 2. The van der Waals surface area contributed by atoms with Gasteiger partial charge in [0.05, 0.1) is 27.4 Å². The molecule has 192 valence electrons. The quantitative estimate of drug-likeness (QED) is 0.224. The summed E-state index contributed by atoms with van der Waals surface area (Å²) < 4.78 is 16.4. The Kier molecular flexibility index (Phi) is 6.58. The molecule has 3 atom stereocenters. The predicted molar refractivity (Wildman–Crippen MR) is 144 cm³/mol. The zero-order valence-corrected chi connectivity index (χ0v) is 22.1. The summed E-state index contributed by atoms with van der Waals surface area (Å²) in [6.07, 6.45) is 2.72. The molecule has 0 saturated heterocycles. The molecule has 2 aliphatic rings. The van der Waals surface area contributed by atoms with Crippen molar-refractivity contribution in [2.24, 2.45) is 5.41 Å². The van der Waals surface area contributed by atoms with Crippen molar-refractivity contribution >= 4 is 29.0 Å². The third kappa shape index (κ3) is 3.59. The Bertz CT molecular complexity index is 1290. The van der Waals surface area contributed by atoms with Crippen LogP contribution in [-0.2, 0) is 31.0 Å². The molecule has 2 heterocycles. The third-order valence-corrected chi connectivity index (χ3v) is 9.08. The first-order chi connectivity index (χ1) is 18.0. The maximum absolute atomic E-state index is 13.8. The fourth-order valence-corrected chi connectivity index (χ4v) is 7.70. The van der Waals surface area contributed by atoms with E-state index < -0.39 is 28.8 Å². The molecular weight excluding hydrogens is 486 g/mol. The van der Waals surface area contributed by atoms with Gasteiger partial charge in [-0.05, 0) is 53.6 Å². The molecule has 1 aliphatic heterocycles. The van der Waals surface area contributed by atoms with Gasteiger partial charge in [0.2, 0.25) is 0 Å². The highest BCUT2D eigenvalue weighted by atomic mass is 32.1. The van der Waals surface area contributed by atoms with Crippen LogP contribution >= 0.6 is 11.3 Å². The van der Waals surface area contributed by atoms with Gasteiger partial charge in [0.1, 0.15) is 5.75 Å². The molecule has 37 heavy (non-hydrogen) atoms. The minimum absolute atomic E-state index is 0.152. The number of methoxy groups -OCH3 is 3. The number of benzene rings is 2. The Labute approximate surface area is 221 Å². The van der Waals surface area contributed by atoms with E-state index in [9.17, 15) is 9.59 Å². The van der Waals surface area contributed by atoms with Crippen LogP contribution in [0.2, 0.25) is 0 Å². The highest BCUT2D eigenvalue weighted by Gasteiger charge is 2.75. The highest BCUT2D eigenvalue weighted by molar-refractivity contribution is 7.10. The molecule has 1 fully saturated rings. The van der Waals surface area contributed by atoms with Crippen LogP contribution in [0, 0.1) is 5.41 Å². The van der Waals surface area contributed by atoms with E-state index in [0.29, 0.717) is 13.0 Å². The second kappa shape index (κ2) is 9.71. The van der Waals surface area contributed by atoms with Gasteiger partial charge in [-0.25, -0.2) is 0 Å². The smallest absolute Gasteiger partial charge is 0.325 e. The minimum atomic E-state index is -1.54. The first-order valence-corrected chi connectivity index (χ1v) is 13.2. The molecule has 0 spiro atoms. The van der Waals surface area contributed by atoms with Crippen molar-refractivity contribution in [2.45, 2.75) is 36.8 Å². The lowest BCUT2D eigenvalue weighted by atomic mass is 9.67. The van der Waals surface area contributed by atoms with E-state index in [1.165, 1.54) is 14.2 Å². The summed E-state index contributed by atoms with van der Waals surface area (Å²) in [5, 5.41) is 2.03. The number of anilines is 1. The molecule has 7 heteroatoms. The highest BCUT2D eigenvalue weighted by Crippen LogP contribution is 2.68. The Morgan fingerprint density at radius 3 is 2.38 bits per heavy atom. The fourth-order valence-electron chi connectivity index (χ4n) is 6.77. The van der Waals surface area contributed by atoms with E-state index >= 15 is 0 Å². The first kappa shape index (κ1) is 25.1. The molecule has 1 aliphatic carbocycles. The van der Waals surface area contributed by atoms with Crippen LogP contribution in [0.25, 0.3) is 0 Å². The van der Waals surface area contributed by atoms with Crippen LogP contribution in [0.15, 0.2) is 78.7 Å². The van der Waals surface area contributed by atoms with E-state index in [4.69, 9.17) is 14.2 Å². The Morgan fingerprint density at radius 2 is 1.78 bits per heavy atom. The van der Waals surface area contributed by atoms with E-state index in [1.807, 2.05) is 47.9 Å². The van der Waals surface area contributed by atoms with Crippen LogP contribution < -0.4 is 9.64 Å². The lowest BCUT2D eigenvalue weighted by Gasteiger charge is -2.41. The van der Waals surface area contributed by atoms with Crippen molar-refractivity contribution < 1.29 is 23.8 Å². The van der Waals surface area contributed by atoms with E-state index in [0.717, 1.165) is 27.4 Å². The summed E-state index contributed by atoms with van der Waals surface area (Å²) in [5.41, 5.74) is 0.896. The topological polar surface area (TPSA) is 65.1 Å². The zero-order chi connectivity index (χ0) is 26.2. The van der Waals surface area contributed by atoms with Gasteiger partial charge < -0.3 is 19.1 Å². The molecule has 6 nitrogen and oxygen atoms in total. The monoisotopic (exact) mass is 517 g/mol. The number of thiophene rings is 1. The largest absolute Gasteiger partial charge is 0.497 e. The Balaban J connectivity index is 1.85. The number of esters is 2. The van der Waals surface area contributed by atoms with Crippen LogP contribution in [0.4, 0.5) is 5.69 Å². The molecule has 5 rings (SSSR count). The lowest BCUT2D eigenvalue weighted by molar-refractivity contribution is -0.170. The molecule has 1 aromatic heterocycles. The number of fused-ring (bicyclic) bond motifs is 3. The van der Waals surface area contributed by atoms with Crippen molar-refractivity contribution in [3.05, 3.63) is 94.7 Å². The zero-order valence-electron chi connectivity index (χ0n) is 21.3. The van der Waals surface area contributed by atoms with E-state index in [1.54, 1.807) is 18.4 Å². The second-order valence-electron chi connectivity index (χ2n) is 9.66. The van der Waals surface area contributed by atoms with Gasteiger partial charge in [-0.2, -0.15) is 0 Å². The third-order valence-electron chi connectivity index (χ3n) is 8.09. The van der Waals surface area contributed by atoms with Crippen molar-refractivity contribution in [1.29, 1.82) is 0 Å². The summed E-state index contributed by atoms with van der Waals surface area (Å²) in [7, 11) is 4.33. The molecule has 0 radical (unpaired) electrons. The normalized spacial score (nSPS) is 23.2. The summed E-state index contributed by atoms with van der Waals surface area (Å²) >= 11 is 1.63. The minimum Gasteiger partial charge on any atom is -0.497 e. The number of carbonyl (C=O) groups excluding carboxylic acids is 2. The standard InChI is InChI=1S/C30H31NO5S/c1-5-15-29-22-17-21(34-2)13-14-24(22)31(19-20-10-7-6-8-11-20)26(29)30(27(32)35-3,28(33)36-4)18-23(29)25-12-9-16-37-25/h5-14,16-17,23,26H,1,15,18-19H2,2-4H3/t23-,26+,29+/m0/s1. The number of allylic oxidation sites excluding steroid dienone is 1. The van der Waals surface area contributed by atoms with Crippen LogP contribution in [0.5, 0.6) is 5.75 Å². The number of rotatable bonds is 8. The van der Waals surface area contributed by atoms with Crippen LogP contribution in [0.1, 0.15) is 34.8 Å². The molecule has 0 unspecified atom stereocenters. The van der Waals surface area contributed by atoms with Crippen molar-refractivity contribution in [3.8, 4) is 5.75 Å². The number of nitrogens with zero attached hydrogens (tertiary/aromatic N) is 1. The molecule has 0 N–H and O–H groups in total. The van der Waals surface area contributed by atoms with E-state index in [2.05, 4.69) is 35.7 Å². The maximum atomic E-state index is 13.8. The summed E-state index contributed by atoms with van der Waals surface area (Å²) in [6.45, 7) is 4.63. The van der Waals surface area contributed by atoms with Gasteiger partial charge in [0.15, 0.2) is 5.41 Å². The Morgan fingerprint density at radius 1 is 1.05 bits per heavy atom. The molecule has 0 amide bonds. The summed E-state index contributed by atoms with van der Waals surface area (Å²) in [6, 6.07) is 19.6. The van der Waals surface area contributed by atoms with Gasteiger partial charge in [-0.15, -0.1) is 17.9 Å². The fraction of sp³-hybridized carbons (Fsp3) is 0.333. The van der Waals surface area contributed by atoms with Crippen LogP contribution in [-0.4, -0.2) is 39.3 Å². The van der Waals surface area contributed by atoms with Gasteiger partial charge in [-0.1, -0.05) is 42.5 Å². The molecule has 3 aromatic rings. The van der Waals surface area contributed by atoms with Crippen molar-refractivity contribution in [3.63, 3.8) is 0 Å². The van der Waals surface area contributed by atoms with Gasteiger partial charge in [0, 0.05) is 28.4 Å². The maximum Gasteiger partial charge on any atom is 0.325 e. The van der Waals surface area contributed by atoms with E-state index in [-0.39, 0.29) is 12.3 Å². The van der Waals surface area contributed by atoms with Gasteiger partial charge >= 0.3 is 11.9 Å². The molecular formula is C30H31NO5S. The molecule has 0 bridgehead atoms. The van der Waals surface area contributed by atoms with Gasteiger partial charge in [0.25, 0.3) is 0 Å². The first-order valence-electron chi connectivity index (χ1n) is 12.3. The van der Waals surface area contributed by atoms with Crippen molar-refractivity contribution in [1.82, 2.24) is 0 Å². The average molecular weight is 518 g/mol. The molecule has 2 aromatic carbocycles. The van der Waals surface area contributed by atoms with Gasteiger partial charge in [-0.3, -0.25) is 9.59 Å². The lowest BCUT2D eigenvalue weighted by Crippen LogP contribution is -2.57. The molecule has 1 saturated carbocycles. The second-order valence-corrected chi connectivity index (χ2v) is 10.6. The van der Waals surface area contributed by atoms with Crippen LogP contribution in [0.3, 0.4) is 0 Å².